The molecule has 0 unspecified atom stereocenters. The highest BCUT2D eigenvalue weighted by atomic mass is 16.2. The maximum absolute atomic E-state index is 11.8. The van der Waals surface area contributed by atoms with Crippen LogP contribution in [0.3, 0.4) is 0 Å². The van der Waals surface area contributed by atoms with E-state index < -0.39 is 0 Å². The van der Waals surface area contributed by atoms with Crippen molar-refractivity contribution < 1.29 is 4.79 Å². The molecule has 0 saturated carbocycles. The lowest BCUT2D eigenvalue weighted by Gasteiger charge is -2.05. The van der Waals surface area contributed by atoms with Gasteiger partial charge in [0.2, 0.25) is 0 Å². The number of anilines is 1. The Morgan fingerprint density at radius 3 is 2.76 bits per heavy atom. The number of pyridine rings is 1. The van der Waals surface area contributed by atoms with Gasteiger partial charge in [-0.15, -0.1) is 0 Å². The van der Waals surface area contributed by atoms with Crippen molar-refractivity contribution in [2.75, 3.05) is 5.32 Å². The van der Waals surface area contributed by atoms with Gasteiger partial charge in [0.05, 0.1) is 12.2 Å². The van der Waals surface area contributed by atoms with E-state index in [4.69, 9.17) is 0 Å². The molecule has 5 nitrogen and oxygen atoms in total. The Labute approximate surface area is 122 Å². The number of hydrogen-bond acceptors (Lipinski definition) is 2. The summed E-state index contributed by atoms with van der Waals surface area (Å²) in [6.45, 7) is 2.42. The van der Waals surface area contributed by atoms with E-state index >= 15 is 0 Å². The topological polar surface area (TPSA) is 58.4 Å². The summed E-state index contributed by atoms with van der Waals surface area (Å²) < 4.78 is 1.96. The minimum Gasteiger partial charge on any atom is -0.332 e. The molecule has 0 aliphatic carbocycles. The molecule has 0 radical (unpaired) electrons. The van der Waals surface area contributed by atoms with Gasteiger partial charge in [0.1, 0.15) is 5.65 Å². The fourth-order valence-electron chi connectivity index (χ4n) is 2.11. The summed E-state index contributed by atoms with van der Waals surface area (Å²) >= 11 is 0. The van der Waals surface area contributed by atoms with Crippen LogP contribution in [-0.2, 0) is 6.54 Å². The molecule has 21 heavy (non-hydrogen) atoms. The number of nitrogens with one attached hydrogen (secondary N) is 2. The van der Waals surface area contributed by atoms with Crippen molar-refractivity contribution in [2.45, 2.75) is 13.5 Å². The Morgan fingerprint density at radius 2 is 1.95 bits per heavy atom. The zero-order valence-electron chi connectivity index (χ0n) is 11.7. The second kappa shape index (κ2) is 5.66. The number of hydrogen-bond donors (Lipinski definition) is 2. The Bertz CT molecular complexity index is 764. The first kappa shape index (κ1) is 13.2. The third-order valence-electron chi connectivity index (χ3n) is 3.11. The lowest BCUT2D eigenvalue weighted by Crippen LogP contribution is -2.28. The van der Waals surface area contributed by atoms with Crippen molar-refractivity contribution in [3.63, 3.8) is 0 Å². The Kier molecular flexibility index (Phi) is 3.55. The average Bonchev–Trinajstić information content (AvgIpc) is 2.88. The molecule has 3 aromatic rings. The summed E-state index contributed by atoms with van der Waals surface area (Å²) in [6.07, 6.45) is 3.93. The molecule has 2 heterocycles. The first-order chi connectivity index (χ1) is 10.2. The Morgan fingerprint density at radius 1 is 1.14 bits per heavy atom. The Balaban J connectivity index is 1.62. The average molecular weight is 280 g/mol. The number of urea groups is 1. The highest BCUT2D eigenvalue weighted by molar-refractivity contribution is 5.89. The van der Waals surface area contributed by atoms with E-state index in [0.717, 1.165) is 17.0 Å². The highest BCUT2D eigenvalue weighted by Crippen LogP contribution is 2.08. The zero-order valence-corrected chi connectivity index (χ0v) is 11.7. The van der Waals surface area contributed by atoms with E-state index in [-0.39, 0.29) is 6.03 Å². The predicted octanol–water partition coefficient (Wildman–Crippen LogP) is 2.96. The monoisotopic (exact) mass is 280 g/mol. The van der Waals surface area contributed by atoms with Crippen molar-refractivity contribution >= 4 is 17.4 Å². The van der Waals surface area contributed by atoms with Gasteiger partial charge < -0.3 is 15.0 Å². The van der Waals surface area contributed by atoms with Crippen LogP contribution in [-0.4, -0.2) is 15.4 Å². The minimum atomic E-state index is -0.241. The molecular formula is C16H16N4O. The molecule has 0 atom stereocenters. The molecule has 106 valence electrons. The van der Waals surface area contributed by atoms with Crippen LogP contribution in [0.15, 0.2) is 54.9 Å². The first-order valence-corrected chi connectivity index (χ1v) is 6.75. The summed E-state index contributed by atoms with van der Waals surface area (Å²) in [5, 5.41) is 5.57. The fraction of sp³-hybridized carbons (Fsp3) is 0.125. The van der Waals surface area contributed by atoms with Crippen LogP contribution in [0.2, 0.25) is 0 Å². The number of carbonyl (C=O) groups is 1. The fourth-order valence-corrected chi connectivity index (χ4v) is 2.11. The normalized spacial score (nSPS) is 10.5. The van der Waals surface area contributed by atoms with Gasteiger partial charge in [0.15, 0.2) is 0 Å². The van der Waals surface area contributed by atoms with Crippen LogP contribution >= 0.6 is 0 Å². The van der Waals surface area contributed by atoms with Crippen molar-refractivity contribution in [3.05, 3.63) is 66.1 Å². The maximum atomic E-state index is 11.8. The van der Waals surface area contributed by atoms with Crippen LogP contribution in [0.1, 0.15) is 11.3 Å². The zero-order chi connectivity index (χ0) is 14.7. The van der Waals surface area contributed by atoms with Crippen LogP contribution < -0.4 is 10.6 Å². The van der Waals surface area contributed by atoms with E-state index in [0.29, 0.717) is 6.54 Å². The van der Waals surface area contributed by atoms with Gasteiger partial charge >= 0.3 is 6.03 Å². The number of imidazole rings is 1. The number of aromatic nitrogens is 2. The second-order valence-electron chi connectivity index (χ2n) is 4.88. The molecule has 2 N–H and O–H groups in total. The van der Waals surface area contributed by atoms with Crippen LogP contribution in [0.5, 0.6) is 0 Å². The number of fused-ring (bicyclic) bond motifs is 1. The van der Waals surface area contributed by atoms with Crippen LogP contribution in [0.25, 0.3) is 5.65 Å². The van der Waals surface area contributed by atoms with Gasteiger partial charge in [-0.1, -0.05) is 24.3 Å². The standard InChI is InChI=1S/C16H16N4O/c1-12-7-8-15-18-14(11-20(15)10-12)9-17-16(21)19-13-5-3-2-4-6-13/h2-8,10-11H,9H2,1H3,(H2,17,19,21). The molecule has 0 aliphatic rings. The van der Waals surface area contributed by atoms with Crippen molar-refractivity contribution in [1.82, 2.24) is 14.7 Å². The van der Waals surface area contributed by atoms with Crippen LogP contribution in [0.4, 0.5) is 10.5 Å². The van der Waals surface area contributed by atoms with Crippen LogP contribution in [0, 0.1) is 6.92 Å². The van der Waals surface area contributed by atoms with E-state index in [1.165, 1.54) is 5.56 Å². The summed E-state index contributed by atoms with van der Waals surface area (Å²) in [5.41, 5.74) is 3.63. The second-order valence-corrected chi connectivity index (χ2v) is 4.88. The summed E-state index contributed by atoms with van der Waals surface area (Å²) in [5.74, 6) is 0. The van der Waals surface area contributed by atoms with Gasteiger partial charge in [0.25, 0.3) is 0 Å². The number of nitrogens with zero attached hydrogens (tertiary/aromatic N) is 2. The smallest absolute Gasteiger partial charge is 0.319 e. The SMILES string of the molecule is Cc1ccc2nc(CNC(=O)Nc3ccccc3)cn2c1. The van der Waals surface area contributed by atoms with Gasteiger partial charge in [-0.3, -0.25) is 0 Å². The first-order valence-electron chi connectivity index (χ1n) is 6.75. The summed E-state index contributed by atoms with van der Waals surface area (Å²) in [4.78, 5) is 16.3. The predicted molar refractivity (Wildman–Crippen MR) is 82.2 cm³/mol. The molecular weight excluding hydrogens is 264 g/mol. The number of benzene rings is 1. The molecule has 0 saturated heterocycles. The van der Waals surface area contributed by atoms with E-state index in [9.17, 15) is 4.79 Å². The molecule has 0 fully saturated rings. The molecule has 2 aromatic heterocycles. The molecule has 0 bridgehead atoms. The van der Waals surface area contributed by atoms with E-state index in [1.54, 1.807) is 0 Å². The third-order valence-corrected chi connectivity index (χ3v) is 3.11. The van der Waals surface area contributed by atoms with Gasteiger partial charge in [0, 0.05) is 18.1 Å². The molecule has 1 aromatic carbocycles. The number of para-hydroxylation sites is 1. The summed E-state index contributed by atoms with van der Waals surface area (Å²) in [6, 6.07) is 13.1. The molecule has 0 aliphatic heterocycles. The van der Waals surface area contributed by atoms with E-state index in [2.05, 4.69) is 15.6 Å². The van der Waals surface area contributed by atoms with Gasteiger partial charge in [-0.2, -0.15) is 0 Å². The lowest BCUT2D eigenvalue weighted by molar-refractivity contribution is 0.251. The minimum absolute atomic E-state index is 0.241. The van der Waals surface area contributed by atoms with Crippen molar-refractivity contribution in [3.8, 4) is 0 Å². The molecule has 3 rings (SSSR count). The number of amides is 2. The van der Waals surface area contributed by atoms with Crippen molar-refractivity contribution in [1.29, 1.82) is 0 Å². The largest absolute Gasteiger partial charge is 0.332 e. The highest BCUT2D eigenvalue weighted by Gasteiger charge is 2.04. The molecule has 2 amide bonds. The maximum Gasteiger partial charge on any atom is 0.319 e. The summed E-state index contributed by atoms with van der Waals surface area (Å²) in [7, 11) is 0. The number of carbonyl (C=O) groups excluding carboxylic acids is 1. The Hall–Kier alpha value is -2.82. The van der Waals surface area contributed by atoms with Gasteiger partial charge in [-0.25, -0.2) is 9.78 Å². The van der Waals surface area contributed by atoms with Crippen molar-refractivity contribution in [2.24, 2.45) is 0 Å². The van der Waals surface area contributed by atoms with Gasteiger partial charge in [-0.05, 0) is 30.7 Å². The van der Waals surface area contributed by atoms with E-state index in [1.807, 2.05) is 66.2 Å². The number of rotatable bonds is 3. The molecule has 5 heteroatoms. The quantitative estimate of drug-likeness (QED) is 0.775. The third kappa shape index (κ3) is 3.20. The molecule has 0 spiro atoms. The number of aryl methyl sites for hydroxylation is 1. The lowest BCUT2D eigenvalue weighted by atomic mass is 10.3.